The summed E-state index contributed by atoms with van der Waals surface area (Å²) in [5.41, 5.74) is -4.16. The lowest BCUT2D eigenvalue weighted by Crippen LogP contribution is -2.18. The molecule has 6 heteroatoms. The van der Waals surface area contributed by atoms with Crippen LogP contribution in [0.3, 0.4) is 0 Å². The van der Waals surface area contributed by atoms with E-state index < -0.39 is 5.51 Å². The lowest BCUT2D eigenvalue weighted by atomic mass is 10.6. The Balaban J connectivity index is 3.10. The number of nitriles is 1. The molecule has 0 aromatic rings. The highest BCUT2D eigenvalue weighted by atomic mass is 32.2. The summed E-state index contributed by atoms with van der Waals surface area (Å²) in [6.07, 6.45) is 0. The quantitative estimate of drug-likeness (QED) is 0.529. The molecule has 0 atom stereocenters. The van der Waals surface area contributed by atoms with Gasteiger partial charge in [-0.3, -0.25) is 0 Å². The summed E-state index contributed by atoms with van der Waals surface area (Å²) in [6, 6.07) is 1.76. The third-order valence-corrected chi connectivity index (χ3v) is 1.48. The van der Waals surface area contributed by atoms with Crippen LogP contribution in [0.25, 0.3) is 0 Å². The van der Waals surface area contributed by atoms with Gasteiger partial charge < -0.3 is 5.32 Å². The van der Waals surface area contributed by atoms with Gasteiger partial charge in [-0.2, -0.15) is 18.4 Å². The van der Waals surface area contributed by atoms with Crippen molar-refractivity contribution in [2.75, 3.05) is 18.8 Å². The maximum absolute atomic E-state index is 11.4. The highest BCUT2D eigenvalue weighted by Gasteiger charge is 2.27. The number of hydrogen-bond donors (Lipinski definition) is 1. The highest BCUT2D eigenvalue weighted by Crippen LogP contribution is 2.29. The first kappa shape index (κ1) is 10.6. The second-order valence-corrected chi connectivity index (χ2v) is 2.79. The maximum Gasteiger partial charge on any atom is 0.441 e. The Labute approximate surface area is 66.8 Å². The molecule has 0 fully saturated rings. The number of thioether (sulfide) groups is 1. The number of rotatable bonds is 4. The standard InChI is InChI=1S/C5H7F3N2S/c6-5(7,8)11-4-3-10-2-1-9/h10H,2-4H2. The SMILES string of the molecule is N#CCNCCSC(F)(F)F. The average Bonchev–Trinajstić information content (AvgIpc) is 1.85. The van der Waals surface area contributed by atoms with Crippen LogP contribution < -0.4 is 5.32 Å². The fourth-order valence-electron chi connectivity index (χ4n) is 0.383. The van der Waals surface area contributed by atoms with Crippen LogP contribution in [0.15, 0.2) is 0 Å². The third kappa shape index (κ3) is 9.59. The van der Waals surface area contributed by atoms with Gasteiger partial charge in [0.1, 0.15) is 0 Å². The summed E-state index contributed by atoms with van der Waals surface area (Å²) in [5, 5.41) is 10.5. The molecule has 0 aromatic heterocycles. The number of hydrogen-bond acceptors (Lipinski definition) is 3. The zero-order valence-electron chi connectivity index (χ0n) is 5.61. The predicted octanol–water partition coefficient (Wildman–Crippen LogP) is 1.35. The Kier molecular flexibility index (Phi) is 5.07. The molecule has 0 aliphatic rings. The van der Waals surface area contributed by atoms with E-state index in [-0.39, 0.29) is 30.6 Å². The van der Waals surface area contributed by atoms with Crippen LogP contribution in [0.2, 0.25) is 0 Å². The Morgan fingerprint density at radius 1 is 1.45 bits per heavy atom. The fraction of sp³-hybridized carbons (Fsp3) is 0.800. The van der Waals surface area contributed by atoms with E-state index >= 15 is 0 Å². The zero-order valence-corrected chi connectivity index (χ0v) is 6.43. The summed E-state index contributed by atoms with van der Waals surface area (Å²) < 4.78 is 34.3. The molecule has 0 heterocycles. The second kappa shape index (κ2) is 5.27. The van der Waals surface area contributed by atoms with Crippen LogP contribution in [-0.4, -0.2) is 24.4 Å². The monoisotopic (exact) mass is 184 g/mol. The first-order chi connectivity index (χ1) is 5.06. The minimum Gasteiger partial charge on any atom is -0.304 e. The lowest BCUT2D eigenvalue weighted by molar-refractivity contribution is -0.0327. The second-order valence-electron chi connectivity index (χ2n) is 1.63. The van der Waals surface area contributed by atoms with E-state index in [1.54, 1.807) is 6.07 Å². The molecular formula is C5H7F3N2S. The number of nitrogens with zero attached hydrogens (tertiary/aromatic N) is 1. The van der Waals surface area contributed by atoms with Gasteiger partial charge in [0.2, 0.25) is 0 Å². The molecule has 0 saturated carbocycles. The molecule has 0 aromatic carbocycles. The summed E-state index contributed by atoms with van der Waals surface area (Å²) in [7, 11) is 0. The molecule has 1 N–H and O–H groups in total. The minimum absolute atomic E-state index is 0.0504. The van der Waals surface area contributed by atoms with Crippen molar-refractivity contribution in [1.82, 2.24) is 5.32 Å². The Hall–Kier alpha value is -0.410. The molecule has 2 nitrogen and oxygen atoms in total. The molecule has 0 spiro atoms. The van der Waals surface area contributed by atoms with Crippen molar-refractivity contribution < 1.29 is 13.2 Å². The first-order valence-electron chi connectivity index (χ1n) is 2.84. The van der Waals surface area contributed by atoms with Crippen molar-refractivity contribution in [3.8, 4) is 6.07 Å². The predicted molar refractivity (Wildman–Crippen MR) is 37.0 cm³/mol. The molecule has 11 heavy (non-hydrogen) atoms. The molecule has 0 saturated heterocycles. The van der Waals surface area contributed by atoms with Gasteiger partial charge in [0, 0.05) is 12.3 Å². The summed E-state index contributed by atoms with van der Waals surface area (Å²) in [6.45, 7) is 0.302. The van der Waals surface area contributed by atoms with E-state index in [1.807, 2.05) is 0 Å². The van der Waals surface area contributed by atoms with Gasteiger partial charge in [0.05, 0.1) is 12.6 Å². The van der Waals surface area contributed by atoms with Crippen molar-refractivity contribution >= 4 is 11.8 Å². The Morgan fingerprint density at radius 3 is 2.55 bits per heavy atom. The van der Waals surface area contributed by atoms with Gasteiger partial charge >= 0.3 is 5.51 Å². The van der Waals surface area contributed by atoms with E-state index in [4.69, 9.17) is 5.26 Å². The van der Waals surface area contributed by atoms with Crippen LogP contribution in [0.5, 0.6) is 0 Å². The Bertz CT molecular complexity index is 140. The topological polar surface area (TPSA) is 35.8 Å². The van der Waals surface area contributed by atoms with Crippen molar-refractivity contribution in [3.05, 3.63) is 0 Å². The molecule has 0 unspecified atom stereocenters. The van der Waals surface area contributed by atoms with Crippen molar-refractivity contribution in [2.45, 2.75) is 5.51 Å². The van der Waals surface area contributed by atoms with Crippen LogP contribution in [0, 0.1) is 11.3 Å². The van der Waals surface area contributed by atoms with E-state index in [0.717, 1.165) is 0 Å². The molecule has 0 radical (unpaired) electrons. The summed E-state index contributed by atoms with van der Waals surface area (Å²) in [5.74, 6) is -0.0504. The van der Waals surface area contributed by atoms with Gasteiger partial charge in [-0.15, -0.1) is 0 Å². The molecule has 0 rings (SSSR count). The number of alkyl halides is 3. The van der Waals surface area contributed by atoms with Crippen molar-refractivity contribution in [1.29, 1.82) is 5.26 Å². The van der Waals surface area contributed by atoms with Gasteiger partial charge in [0.15, 0.2) is 0 Å². The first-order valence-corrected chi connectivity index (χ1v) is 3.83. The van der Waals surface area contributed by atoms with E-state index in [2.05, 4.69) is 5.32 Å². The molecule has 0 amide bonds. The van der Waals surface area contributed by atoms with Gasteiger partial charge in [-0.25, -0.2) is 0 Å². The molecule has 0 aliphatic heterocycles. The molecule has 64 valence electrons. The average molecular weight is 184 g/mol. The normalized spacial score (nSPS) is 11.1. The van der Waals surface area contributed by atoms with Gasteiger partial charge in [-0.05, 0) is 11.8 Å². The van der Waals surface area contributed by atoms with E-state index in [0.29, 0.717) is 0 Å². The smallest absolute Gasteiger partial charge is 0.304 e. The third-order valence-electron chi connectivity index (χ3n) is 0.749. The van der Waals surface area contributed by atoms with Crippen molar-refractivity contribution in [3.63, 3.8) is 0 Å². The molecule has 0 aliphatic carbocycles. The molecular weight excluding hydrogens is 177 g/mol. The van der Waals surface area contributed by atoms with Crippen LogP contribution >= 0.6 is 11.8 Å². The number of halogens is 3. The van der Waals surface area contributed by atoms with Crippen LogP contribution in [0.4, 0.5) is 13.2 Å². The van der Waals surface area contributed by atoms with Crippen LogP contribution in [-0.2, 0) is 0 Å². The summed E-state index contributed by atoms with van der Waals surface area (Å²) >= 11 is -0.0879. The van der Waals surface area contributed by atoms with Crippen molar-refractivity contribution in [2.24, 2.45) is 0 Å². The van der Waals surface area contributed by atoms with Gasteiger partial charge in [0.25, 0.3) is 0 Å². The maximum atomic E-state index is 11.4. The van der Waals surface area contributed by atoms with Crippen LogP contribution in [0.1, 0.15) is 0 Å². The zero-order chi connectivity index (χ0) is 8.74. The van der Waals surface area contributed by atoms with Gasteiger partial charge in [-0.1, -0.05) is 0 Å². The minimum atomic E-state index is -4.16. The number of nitrogens with one attached hydrogen (secondary N) is 1. The molecule has 0 bridgehead atoms. The Morgan fingerprint density at radius 2 is 2.09 bits per heavy atom. The highest BCUT2D eigenvalue weighted by molar-refractivity contribution is 8.00. The van der Waals surface area contributed by atoms with E-state index in [9.17, 15) is 13.2 Å². The largest absolute Gasteiger partial charge is 0.441 e. The summed E-state index contributed by atoms with van der Waals surface area (Å²) in [4.78, 5) is 0. The van der Waals surface area contributed by atoms with E-state index in [1.165, 1.54) is 0 Å². The lowest BCUT2D eigenvalue weighted by Gasteiger charge is -2.04. The fourth-order valence-corrected chi connectivity index (χ4v) is 0.861.